The summed E-state index contributed by atoms with van der Waals surface area (Å²) in [7, 11) is 1.83. The number of nitrogen functional groups attached to an aromatic ring is 1. The van der Waals surface area contributed by atoms with E-state index in [0.29, 0.717) is 6.54 Å². The van der Waals surface area contributed by atoms with Gasteiger partial charge in [0.2, 0.25) is 0 Å². The van der Waals surface area contributed by atoms with Gasteiger partial charge in [-0.1, -0.05) is 0 Å². The Labute approximate surface area is 103 Å². The van der Waals surface area contributed by atoms with Gasteiger partial charge in [-0.15, -0.1) is 0 Å². The molecule has 4 nitrogen and oxygen atoms in total. The van der Waals surface area contributed by atoms with Gasteiger partial charge in [0.05, 0.1) is 17.6 Å². The van der Waals surface area contributed by atoms with Crippen LogP contribution in [0, 0.1) is 18.6 Å². The molecule has 96 valence electrons. The third kappa shape index (κ3) is 2.27. The number of nitrogens with one attached hydrogen (secondary N) is 1. The average molecular weight is 252 g/mol. The van der Waals surface area contributed by atoms with Crippen LogP contribution >= 0.6 is 0 Å². The molecule has 2 rings (SSSR count). The van der Waals surface area contributed by atoms with Gasteiger partial charge in [0.1, 0.15) is 5.82 Å². The van der Waals surface area contributed by atoms with E-state index < -0.39 is 11.6 Å². The molecule has 0 saturated carbocycles. The highest BCUT2D eigenvalue weighted by Gasteiger charge is 2.09. The second-order valence-corrected chi connectivity index (χ2v) is 4.08. The van der Waals surface area contributed by atoms with Gasteiger partial charge in [0.15, 0.2) is 5.82 Å². The van der Waals surface area contributed by atoms with Crippen molar-refractivity contribution in [3.8, 4) is 0 Å². The Kier molecular flexibility index (Phi) is 3.18. The van der Waals surface area contributed by atoms with Crippen LogP contribution in [0.25, 0.3) is 0 Å². The van der Waals surface area contributed by atoms with Crippen molar-refractivity contribution in [1.82, 2.24) is 9.78 Å². The summed E-state index contributed by atoms with van der Waals surface area (Å²) < 4.78 is 28.0. The number of hydrogen-bond donors (Lipinski definition) is 2. The first-order valence-electron chi connectivity index (χ1n) is 5.45. The first kappa shape index (κ1) is 12.3. The number of hydrogen-bond acceptors (Lipinski definition) is 3. The van der Waals surface area contributed by atoms with Crippen LogP contribution < -0.4 is 11.1 Å². The lowest BCUT2D eigenvalue weighted by Crippen LogP contribution is -2.05. The van der Waals surface area contributed by atoms with E-state index in [1.807, 2.05) is 14.0 Å². The van der Waals surface area contributed by atoms with Gasteiger partial charge in [-0.2, -0.15) is 5.10 Å². The van der Waals surface area contributed by atoms with E-state index in [1.54, 1.807) is 10.9 Å². The molecule has 0 aliphatic carbocycles. The Morgan fingerprint density at radius 1 is 1.39 bits per heavy atom. The molecule has 1 aromatic heterocycles. The van der Waals surface area contributed by atoms with Gasteiger partial charge < -0.3 is 11.1 Å². The Balaban J connectivity index is 2.18. The van der Waals surface area contributed by atoms with Crippen LogP contribution in [0.3, 0.4) is 0 Å². The van der Waals surface area contributed by atoms with Crippen molar-refractivity contribution in [2.75, 3.05) is 11.1 Å². The van der Waals surface area contributed by atoms with Crippen LogP contribution in [0.1, 0.15) is 11.3 Å². The number of nitrogens with two attached hydrogens (primary N) is 1. The molecule has 3 N–H and O–H groups in total. The van der Waals surface area contributed by atoms with Gasteiger partial charge in [0.25, 0.3) is 0 Å². The molecule has 0 amide bonds. The summed E-state index contributed by atoms with van der Waals surface area (Å²) in [6, 6.07) is 1.93. The quantitative estimate of drug-likeness (QED) is 0.823. The van der Waals surface area contributed by atoms with Crippen LogP contribution in [0.4, 0.5) is 20.2 Å². The molecule has 0 aliphatic heterocycles. The summed E-state index contributed by atoms with van der Waals surface area (Å²) >= 11 is 0. The minimum absolute atomic E-state index is 0.0852. The van der Waals surface area contributed by atoms with Gasteiger partial charge in [0, 0.05) is 30.9 Å². The normalized spacial score (nSPS) is 10.7. The topological polar surface area (TPSA) is 55.9 Å². The van der Waals surface area contributed by atoms with Gasteiger partial charge >= 0.3 is 0 Å². The number of nitrogens with zero attached hydrogens (tertiary/aromatic N) is 2. The smallest absolute Gasteiger partial charge is 0.151 e. The molecule has 0 fully saturated rings. The SMILES string of the molecule is Cc1c(CNc2cc(F)cc(F)c2N)cnn1C. The van der Waals surface area contributed by atoms with Crippen molar-refractivity contribution >= 4 is 11.4 Å². The molecule has 1 heterocycles. The summed E-state index contributed by atoms with van der Waals surface area (Å²) in [4.78, 5) is 0. The van der Waals surface area contributed by atoms with Crippen LogP contribution in [-0.2, 0) is 13.6 Å². The third-order valence-electron chi connectivity index (χ3n) is 2.90. The lowest BCUT2D eigenvalue weighted by atomic mass is 10.2. The molecule has 0 saturated heterocycles. The van der Waals surface area contributed by atoms with Crippen molar-refractivity contribution in [1.29, 1.82) is 0 Å². The fraction of sp³-hybridized carbons (Fsp3) is 0.250. The minimum atomic E-state index is -0.764. The fourth-order valence-corrected chi connectivity index (χ4v) is 1.64. The van der Waals surface area contributed by atoms with E-state index in [2.05, 4.69) is 10.4 Å². The predicted molar refractivity (Wildman–Crippen MR) is 66.0 cm³/mol. The summed E-state index contributed by atoms with van der Waals surface area (Å²) in [6.45, 7) is 2.33. The average Bonchev–Trinajstić information content (AvgIpc) is 2.63. The molecule has 0 atom stereocenters. The van der Waals surface area contributed by atoms with Crippen molar-refractivity contribution in [2.45, 2.75) is 13.5 Å². The van der Waals surface area contributed by atoms with Crippen molar-refractivity contribution < 1.29 is 8.78 Å². The Morgan fingerprint density at radius 3 is 2.72 bits per heavy atom. The van der Waals surface area contributed by atoms with Crippen molar-refractivity contribution in [3.63, 3.8) is 0 Å². The Bertz CT molecular complexity index is 578. The predicted octanol–water partition coefficient (Wildman–Crippen LogP) is 2.20. The number of aromatic nitrogens is 2. The molecular weight excluding hydrogens is 238 g/mol. The summed E-state index contributed by atoms with van der Waals surface area (Å²) in [5.41, 5.74) is 7.62. The third-order valence-corrected chi connectivity index (χ3v) is 2.90. The van der Waals surface area contributed by atoms with E-state index in [-0.39, 0.29) is 11.4 Å². The van der Waals surface area contributed by atoms with Crippen molar-refractivity contribution in [3.05, 3.63) is 41.2 Å². The first-order chi connectivity index (χ1) is 8.49. The zero-order chi connectivity index (χ0) is 13.3. The standard InChI is InChI=1S/C12H14F2N4/c1-7-8(6-17-18(7)2)5-16-11-4-9(13)3-10(14)12(11)15/h3-4,6,16H,5,15H2,1-2H3. The number of aryl methyl sites for hydroxylation is 1. The second-order valence-electron chi connectivity index (χ2n) is 4.08. The number of anilines is 2. The monoisotopic (exact) mass is 252 g/mol. The molecule has 18 heavy (non-hydrogen) atoms. The molecule has 0 radical (unpaired) electrons. The first-order valence-corrected chi connectivity index (χ1v) is 5.45. The van der Waals surface area contributed by atoms with Gasteiger partial charge in [-0.3, -0.25) is 4.68 Å². The molecule has 0 spiro atoms. The minimum Gasteiger partial charge on any atom is -0.395 e. The maximum atomic E-state index is 13.2. The van der Waals surface area contributed by atoms with E-state index in [4.69, 9.17) is 5.73 Å². The highest BCUT2D eigenvalue weighted by atomic mass is 19.1. The highest BCUT2D eigenvalue weighted by Crippen LogP contribution is 2.24. The fourth-order valence-electron chi connectivity index (χ4n) is 1.64. The molecule has 0 unspecified atom stereocenters. The maximum Gasteiger partial charge on any atom is 0.151 e. The highest BCUT2D eigenvalue weighted by molar-refractivity contribution is 5.66. The lowest BCUT2D eigenvalue weighted by molar-refractivity contribution is 0.587. The zero-order valence-electron chi connectivity index (χ0n) is 10.2. The summed E-state index contributed by atoms with van der Waals surface area (Å²) in [5.74, 6) is -1.42. The van der Waals surface area contributed by atoms with Crippen LogP contribution in [-0.4, -0.2) is 9.78 Å². The maximum absolute atomic E-state index is 13.2. The second kappa shape index (κ2) is 4.64. The van der Waals surface area contributed by atoms with Crippen LogP contribution in [0.5, 0.6) is 0 Å². The zero-order valence-corrected chi connectivity index (χ0v) is 10.2. The summed E-state index contributed by atoms with van der Waals surface area (Å²) in [5, 5.41) is 6.99. The van der Waals surface area contributed by atoms with Gasteiger partial charge in [-0.05, 0) is 13.0 Å². The van der Waals surface area contributed by atoms with E-state index in [1.165, 1.54) is 6.07 Å². The molecular formula is C12H14F2N4. The molecule has 6 heteroatoms. The Morgan fingerprint density at radius 2 is 2.11 bits per heavy atom. The Hall–Kier alpha value is -2.11. The van der Waals surface area contributed by atoms with Crippen molar-refractivity contribution in [2.24, 2.45) is 7.05 Å². The van der Waals surface area contributed by atoms with Crippen LogP contribution in [0.15, 0.2) is 18.3 Å². The largest absolute Gasteiger partial charge is 0.395 e. The van der Waals surface area contributed by atoms with E-state index in [0.717, 1.165) is 17.3 Å². The van der Waals surface area contributed by atoms with E-state index >= 15 is 0 Å². The van der Waals surface area contributed by atoms with E-state index in [9.17, 15) is 8.78 Å². The number of benzene rings is 1. The van der Waals surface area contributed by atoms with Crippen LogP contribution in [0.2, 0.25) is 0 Å². The number of rotatable bonds is 3. The lowest BCUT2D eigenvalue weighted by Gasteiger charge is -2.10. The number of halogens is 2. The molecule has 1 aromatic carbocycles. The summed E-state index contributed by atoms with van der Waals surface area (Å²) in [6.07, 6.45) is 1.70. The molecule has 2 aromatic rings. The molecule has 0 aliphatic rings. The molecule has 0 bridgehead atoms. The van der Waals surface area contributed by atoms with Gasteiger partial charge in [-0.25, -0.2) is 8.78 Å².